The van der Waals surface area contributed by atoms with Crippen LogP contribution in [0.5, 0.6) is 0 Å². The second-order valence-electron chi connectivity index (χ2n) is 3.91. The number of aromatic nitrogens is 2. The third-order valence-electron chi connectivity index (χ3n) is 2.71. The van der Waals surface area contributed by atoms with Gasteiger partial charge < -0.3 is 10.6 Å². The van der Waals surface area contributed by atoms with Crippen molar-refractivity contribution in [3.63, 3.8) is 0 Å². The average molecular weight is 208 g/mol. The molecule has 15 heavy (non-hydrogen) atoms. The van der Waals surface area contributed by atoms with Gasteiger partial charge in [-0.25, -0.2) is 0 Å². The molecule has 1 aromatic heterocycles. The van der Waals surface area contributed by atoms with Gasteiger partial charge in [-0.15, -0.1) is 0 Å². The Morgan fingerprint density at radius 3 is 3.27 bits per heavy atom. The second kappa shape index (κ2) is 4.93. The van der Waals surface area contributed by atoms with E-state index in [-0.39, 0.29) is 5.91 Å². The summed E-state index contributed by atoms with van der Waals surface area (Å²) in [6, 6.07) is 0. The predicted molar refractivity (Wildman–Crippen MR) is 56.5 cm³/mol. The number of hydrogen-bond acceptors (Lipinski definition) is 3. The minimum absolute atomic E-state index is 0.0469. The number of piperidine rings is 1. The molecular weight excluding hydrogens is 192 g/mol. The average Bonchev–Trinajstić information content (AvgIpc) is 2.81. The number of nitrogens with zero attached hydrogens (tertiary/aromatic N) is 1. The Labute approximate surface area is 88.6 Å². The summed E-state index contributed by atoms with van der Waals surface area (Å²) in [6.07, 6.45) is 5.54. The van der Waals surface area contributed by atoms with Crippen molar-refractivity contribution in [3.8, 4) is 0 Å². The molecule has 1 amide bonds. The van der Waals surface area contributed by atoms with Gasteiger partial charge in [0.2, 0.25) is 0 Å². The molecule has 0 aromatic carbocycles. The van der Waals surface area contributed by atoms with Crippen LogP contribution in [0.25, 0.3) is 0 Å². The largest absolute Gasteiger partial charge is 0.352 e. The van der Waals surface area contributed by atoms with Gasteiger partial charge in [-0.1, -0.05) is 0 Å². The molecule has 0 bridgehead atoms. The van der Waals surface area contributed by atoms with E-state index < -0.39 is 0 Å². The first-order valence-electron chi connectivity index (χ1n) is 5.34. The summed E-state index contributed by atoms with van der Waals surface area (Å²) in [5, 5.41) is 12.6. The first-order valence-corrected chi connectivity index (χ1v) is 5.34. The van der Waals surface area contributed by atoms with Crippen molar-refractivity contribution in [2.75, 3.05) is 19.6 Å². The van der Waals surface area contributed by atoms with E-state index in [2.05, 4.69) is 20.8 Å². The first-order chi connectivity index (χ1) is 7.36. The first kappa shape index (κ1) is 10.2. The summed E-state index contributed by atoms with van der Waals surface area (Å²) in [5.74, 6) is 0.518. The summed E-state index contributed by atoms with van der Waals surface area (Å²) >= 11 is 0. The Kier molecular flexibility index (Phi) is 3.34. The van der Waals surface area contributed by atoms with Crippen LogP contribution in [0.3, 0.4) is 0 Å². The van der Waals surface area contributed by atoms with E-state index in [0.717, 1.165) is 19.6 Å². The van der Waals surface area contributed by atoms with Gasteiger partial charge in [0.15, 0.2) is 0 Å². The number of carbonyl (C=O) groups excluding carboxylic acids is 1. The fourth-order valence-electron chi connectivity index (χ4n) is 1.81. The molecule has 1 aliphatic heterocycles. The third-order valence-corrected chi connectivity index (χ3v) is 2.71. The van der Waals surface area contributed by atoms with Crippen LogP contribution in [-0.4, -0.2) is 35.7 Å². The van der Waals surface area contributed by atoms with Gasteiger partial charge in [0.1, 0.15) is 0 Å². The van der Waals surface area contributed by atoms with Crippen LogP contribution >= 0.6 is 0 Å². The van der Waals surface area contributed by atoms with Crippen LogP contribution in [0.2, 0.25) is 0 Å². The predicted octanol–water partition coefficient (Wildman–Crippen LogP) is 0.139. The maximum absolute atomic E-state index is 11.6. The minimum Gasteiger partial charge on any atom is -0.352 e. The lowest BCUT2D eigenvalue weighted by atomic mass is 10.00. The van der Waals surface area contributed by atoms with Gasteiger partial charge >= 0.3 is 0 Å². The number of hydrogen-bond donors (Lipinski definition) is 3. The summed E-state index contributed by atoms with van der Waals surface area (Å²) in [7, 11) is 0. The van der Waals surface area contributed by atoms with Crippen molar-refractivity contribution in [1.82, 2.24) is 20.8 Å². The number of H-pyrrole nitrogens is 1. The highest BCUT2D eigenvalue weighted by molar-refractivity contribution is 5.93. The fourth-order valence-corrected chi connectivity index (χ4v) is 1.81. The molecule has 1 atom stereocenters. The van der Waals surface area contributed by atoms with Crippen molar-refractivity contribution in [2.45, 2.75) is 12.8 Å². The van der Waals surface area contributed by atoms with Crippen LogP contribution in [-0.2, 0) is 0 Å². The number of nitrogens with one attached hydrogen (secondary N) is 3. The topological polar surface area (TPSA) is 69.8 Å². The van der Waals surface area contributed by atoms with E-state index >= 15 is 0 Å². The van der Waals surface area contributed by atoms with E-state index in [1.54, 1.807) is 6.20 Å². The highest BCUT2D eigenvalue weighted by Gasteiger charge is 2.14. The highest BCUT2D eigenvalue weighted by Crippen LogP contribution is 2.08. The molecule has 3 N–H and O–H groups in total. The zero-order valence-electron chi connectivity index (χ0n) is 8.62. The summed E-state index contributed by atoms with van der Waals surface area (Å²) in [4.78, 5) is 11.6. The highest BCUT2D eigenvalue weighted by atomic mass is 16.1. The van der Waals surface area contributed by atoms with Crippen molar-refractivity contribution in [1.29, 1.82) is 0 Å². The molecule has 5 nitrogen and oxygen atoms in total. The van der Waals surface area contributed by atoms with Crippen molar-refractivity contribution in [2.24, 2.45) is 5.92 Å². The van der Waals surface area contributed by atoms with Crippen LogP contribution in [0.4, 0.5) is 0 Å². The molecule has 2 rings (SSSR count). The third kappa shape index (κ3) is 2.79. The van der Waals surface area contributed by atoms with E-state index in [1.807, 2.05) is 0 Å². The van der Waals surface area contributed by atoms with Gasteiger partial charge in [-0.3, -0.25) is 9.89 Å². The quantitative estimate of drug-likeness (QED) is 0.661. The summed E-state index contributed by atoms with van der Waals surface area (Å²) < 4.78 is 0. The molecule has 1 aliphatic rings. The van der Waals surface area contributed by atoms with Crippen molar-refractivity contribution < 1.29 is 4.79 Å². The Morgan fingerprint density at radius 2 is 2.60 bits per heavy atom. The van der Waals surface area contributed by atoms with Crippen LogP contribution < -0.4 is 10.6 Å². The van der Waals surface area contributed by atoms with E-state index in [1.165, 1.54) is 19.0 Å². The molecule has 1 fully saturated rings. The van der Waals surface area contributed by atoms with E-state index in [0.29, 0.717) is 11.5 Å². The maximum Gasteiger partial charge on any atom is 0.254 e. The summed E-state index contributed by atoms with van der Waals surface area (Å²) in [5.41, 5.74) is 0.596. The monoisotopic (exact) mass is 208 g/mol. The van der Waals surface area contributed by atoms with Gasteiger partial charge in [0.05, 0.1) is 11.8 Å². The Morgan fingerprint density at radius 1 is 1.67 bits per heavy atom. The van der Waals surface area contributed by atoms with Crippen molar-refractivity contribution in [3.05, 3.63) is 18.0 Å². The minimum atomic E-state index is -0.0469. The van der Waals surface area contributed by atoms with Crippen LogP contribution in [0.1, 0.15) is 23.2 Å². The molecule has 1 saturated heterocycles. The van der Waals surface area contributed by atoms with Crippen LogP contribution in [0.15, 0.2) is 12.4 Å². The molecule has 1 aromatic rings. The van der Waals surface area contributed by atoms with Gasteiger partial charge in [0.25, 0.3) is 5.91 Å². The Balaban J connectivity index is 1.75. The number of amides is 1. The van der Waals surface area contributed by atoms with Gasteiger partial charge in [-0.05, 0) is 31.8 Å². The van der Waals surface area contributed by atoms with E-state index in [4.69, 9.17) is 0 Å². The van der Waals surface area contributed by atoms with Gasteiger partial charge in [0, 0.05) is 12.7 Å². The molecule has 0 aliphatic carbocycles. The second-order valence-corrected chi connectivity index (χ2v) is 3.91. The molecule has 0 saturated carbocycles. The molecule has 0 spiro atoms. The fraction of sp³-hybridized carbons (Fsp3) is 0.600. The summed E-state index contributed by atoms with van der Waals surface area (Å²) in [6.45, 7) is 2.86. The number of carbonyl (C=O) groups is 1. The lowest BCUT2D eigenvalue weighted by Crippen LogP contribution is -2.38. The zero-order chi connectivity index (χ0) is 10.5. The SMILES string of the molecule is O=C(NCC1CCCNC1)c1cn[nH]c1. The normalized spacial score (nSPS) is 21.2. The zero-order valence-corrected chi connectivity index (χ0v) is 8.62. The molecule has 0 radical (unpaired) electrons. The smallest absolute Gasteiger partial charge is 0.254 e. The van der Waals surface area contributed by atoms with Gasteiger partial charge in [-0.2, -0.15) is 5.10 Å². The Hall–Kier alpha value is -1.36. The van der Waals surface area contributed by atoms with Crippen molar-refractivity contribution >= 4 is 5.91 Å². The molecule has 2 heterocycles. The molecule has 82 valence electrons. The Bertz CT molecular complexity index is 303. The lowest BCUT2D eigenvalue weighted by Gasteiger charge is -2.22. The molecular formula is C10H16N4O. The number of rotatable bonds is 3. The van der Waals surface area contributed by atoms with E-state index in [9.17, 15) is 4.79 Å². The van der Waals surface area contributed by atoms with Crippen LogP contribution in [0, 0.1) is 5.92 Å². The molecule has 1 unspecified atom stereocenters. The maximum atomic E-state index is 11.6. The molecule has 5 heteroatoms. The lowest BCUT2D eigenvalue weighted by molar-refractivity contribution is 0.0945. The standard InChI is InChI=1S/C10H16N4O/c15-10(9-6-13-14-7-9)12-5-8-2-1-3-11-4-8/h6-8,11H,1-5H2,(H,12,15)(H,13,14). The number of aromatic amines is 1.